The van der Waals surface area contributed by atoms with Crippen molar-refractivity contribution >= 4 is 17.7 Å². The molecule has 2 N–H and O–H groups in total. The van der Waals surface area contributed by atoms with Gasteiger partial charge in [0.05, 0.1) is 12.6 Å². The zero-order valence-corrected chi connectivity index (χ0v) is 14.5. The standard InChI is InChI=1S/C17H29N3OS/c1-2-22-15-9-5-4-8-14(15)19-12-16(21)20-17(13-18)10-6-3-7-11-17/h14-15,19H,2-12H2,1H3,(H,20,21)/t14-,15+/m0/s1. The highest BCUT2D eigenvalue weighted by Crippen LogP contribution is 2.29. The minimum absolute atomic E-state index is 0.0192. The van der Waals surface area contributed by atoms with E-state index >= 15 is 0 Å². The normalized spacial score (nSPS) is 27.8. The number of carbonyl (C=O) groups is 1. The summed E-state index contributed by atoms with van der Waals surface area (Å²) >= 11 is 2.00. The van der Waals surface area contributed by atoms with E-state index in [0.29, 0.717) is 17.8 Å². The van der Waals surface area contributed by atoms with Crippen LogP contribution in [0.5, 0.6) is 0 Å². The first-order valence-corrected chi connectivity index (χ1v) is 9.81. The topological polar surface area (TPSA) is 64.9 Å². The highest BCUT2D eigenvalue weighted by molar-refractivity contribution is 7.99. The van der Waals surface area contributed by atoms with Gasteiger partial charge in [-0.25, -0.2) is 0 Å². The molecule has 0 spiro atoms. The summed E-state index contributed by atoms with van der Waals surface area (Å²) in [5.74, 6) is 1.11. The lowest BCUT2D eigenvalue weighted by molar-refractivity contribution is -0.122. The first-order chi connectivity index (χ1) is 10.7. The number of nitrogens with zero attached hydrogens (tertiary/aromatic N) is 1. The SMILES string of the molecule is CCS[C@@H]1CCCC[C@@H]1NCC(=O)NC1(C#N)CCCCC1. The van der Waals surface area contributed by atoms with Gasteiger partial charge in [0.2, 0.25) is 5.91 Å². The zero-order valence-electron chi connectivity index (χ0n) is 13.7. The average Bonchev–Trinajstić information content (AvgIpc) is 2.55. The van der Waals surface area contributed by atoms with Crippen molar-refractivity contribution in [3.63, 3.8) is 0 Å². The predicted molar refractivity (Wildman–Crippen MR) is 91.8 cm³/mol. The van der Waals surface area contributed by atoms with Gasteiger partial charge in [-0.1, -0.05) is 39.0 Å². The zero-order chi connectivity index (χ0) is 15.8. The van der Waals surface area contributed by atoms with E-state index in [4.69, 9.17) is 0 Å². The fourth-order valence-corrected chi connectivity index (χ4v) is 4.92. The Kier molecular flexibility index (Phi) is 7.04. The van der Waals surface area contributed by atoms with Crippen molar-refractivity contribution in [2.45, 2.75) is 81.5 Å². The van der Waals surface area contributed by atoms with E-state index in [1.165, 1.54) is 25.7 Å². The molecule has 2 atom stereocenters. The summed E-state index contributed by atoms with van der Waals surface area (Å²) in [4.78, 5) is 12.3. The molecule has 0 unspecified atom stereocenters. The third-order valence-electron chi connectivity index (χ3n) is 4.91. The summed E-state index contributed by atoms with van der Waals surface area (Å²) in [7, 11) is 0. The molecule has 124 valence electrons. The van der Waals surface area contributed by atoms with Crippen molar-refractivity contribution in [2.24, 2.45) is 0 Å². The molecule has 22 heavy (non-hydrogen) atoms. The molecule has 0 bridgehead atoms. The molecule has 1 amide bonds. The van der Waals surface area contributed by atoms with Crippen LogP contribution < -0.4 is 10.6 Å². The summed E-state index contributed by atoms with van der Waals surface area (Å²) in [5, 5.41) is 16.5. The second-order valence-corrected chi connectivity index (χ2v) is 8.08. The van der Waals surface area contributed by atoms with Gasteiger partial charge in [0, 0.05) is 11.3 Å². The first-order valence-electron chi connectivity index (χ1n) is 8.76. The molecule has 0 saturated heterocycles. The Bertz CT molecular complexity index is 399. The predicted octanol–water partition coefficient (Wildman–Crippen LogP) is 2.98. The molecule has 5 heteroatoms. The number of nitrogens with one attached hydrogen (secondary N) is 2. The second kappa shape index (κ2) is 8.79. The van der Waals surface area contributed by atoms with Gasteiger partial charge in [-0.3, -0.25) is 4.79 Å². The maximum absolute atomic E-state index is 12.3. The molecule has 2 fully saturated rings. The van der Waals surface area contributed by atoms with Crippen LogP contribution in [-0.4, -0.2) is 35.0 Å². The van der Waals surface area contributed by atoms with Gasteiger partial charge in [-0.15, -0.1) is 0 Å². The van der Waals surface area contributed by atoms with Crippen molar-refractivity contribution in [1.82, 2.24) is 10.6 Å². The number of hydrogen-bond acceptors (Lipinski definition) is 4. The van der Waals surface area contributed by atoms with E-state index in [1.54, 1.807) is 0 Å². The Morgan fingerprint density at radius 1 is 1.23 bits per heavy atom. The fraction of sp³-hybridized carbons (Fsp3) is 0.882. The molecule has 0 aliphatic heterocycles. The number of nitriles is 1. The molecule has 0 heterocycles. The van der Waals surface area contributed by atoms with Gasteiger partial charge in [0.15, 0.2) is 0 Å². The summed E-state index contributed by atoms with van der Waals surface area (Å²) in [6.07, 6.45) is 9.82. The molecule has 2 rings (SSSR count). The smallest absolute Gasteiger partial charge is 0.235 e. The molecule has 2 aliphatic carbocycles. The summed E-state index contributed by atoms with van der Waals surface area (Å²) in [6.45, 7) is 2.54. The highest BCUT2D eigenvalue weighted by Gasteiger charge is 2.33. The third-order valence-corrected chi connectivity index (χ3v) is 6.23. The minimum atomic E-state index is -0.610. The van der Waals surface area contributed by atoms with Gasteiger partial charge < -0.3 is 10.6 Å². The average molecular weight is 324 g/mol. The molecular weight excluding hydrogens is 294 g/mol. The summed E-state index contributed by atoms with van der Waals surface area (Å²) in [5.41, 5.74) is -0.610. The second-order valence-electron chi connectivity index (χ2n) is 6.57. The molecule has 0 aromatic rings. The van der Waals surface area contributed by atoms with Crippen LogP contribution in [0.4, 0.5) is 0 Å². The highest BCUT2D eigenvalue weighted by atomic mass is 32.2. The van der Waals surface area contributed by atoms with Crippen LogP contribution >= 0.6 is 11.8 Å². The Morgan fingerprint density at radius 2 is 1.95 bits per heavy atom. The summed E-state index contributed by atoms with van der Waals surface area (Å²) in [6, 6.07) is 2.79. The Hall–Kier alpha value is -0.730. The first kappa shape index (κ1) is 17.6. The number of rotatable bonds is 6. The number of thioether (sulfide) groups is 1. The van der Waals surface area contributed by atoms with Crippen LogP contribution in [0.2, 0.25) is 0 Å². The molecule has 0 aromatic heterocycles. The number of hydrogen-bond donors (Lipinski definition) is 2. The maximum Gasteiger partial charge on any atom is 0.235 e. The van der Waals surface area contributed by atoms with E-state index in [1.807, 2.05) is 11.8 Å². The van der Waals surface area contributed by atoms with E-state index < -0.39 is 5.54 Å². The van der Waals surface area contributed by atoms with Gasteiger partial charge in [0.25, 0.3) is 0 Å². The Labute approximate surface area is 138 Å². The van der Waals surface area contributed by atoms with Gasteiger partial charge in [0.1, 0.15) is 5.54 Å². The van der Waals surface area contributed by atoms with E-state index in [2.05, 4.69) is 23.6 Å². The van der Waals surface area contributed by atoms with Crippen molar-refractivity contribution < 1.29 is 4.79 Å². The van der Waals surface area contributed by atoms with Gasteiger partial charge in [-0.05, 0) is 31.4 Å². The molecule has 0 aromatic carbocycles. The summed E-state index contributed by atoms with van der Waals surface area (Å²) < 4.78 is 0. The van der Waals surface area contributed by atoms with E-state index in [9.17, 15) is 10.1 Å². The van der Waals surface area contributed by atoms with Crippen LogP contribution in [0, 0.1) is 11.3 Å². The van der Waals surface area contributed by atoms with Crippen molar-refractivity contribution in [2.75, 3.05) is 12.3 Å². The van der Waals surface area contributed by atoms with E-state index in [0.717, 1.165) is 37.9 Å². The lowest BCUT2D eigenvalue weighted by Gasteiger charge is -2.33. The van der Waals surface area contributed by atoms with Crippen LogP contribution in [0.25, 0.3) is 0 Å². The lowest BCUT2D eigenvalue weighted by Crippen LogP contribution is -2.53. The molecular formula is C17H29N3OS. The number of carbonyl (C=O) groups excluding carboxylic acids is 1. The van der Waals surface area contributed by atoms with E-state index in [-0.39, 0.29) is 5.91 Å². The monoisotopic (exact) mass is 323 g/mol. The minimum Gasteiger partial charge on any atom is -0.337 e. The molecule has 2 aliphatic rings. The van der Waals surface area contributed by atoms with Crippen molar-refractivity contribution in [1.29, 1.82) is 5.26 Å². The number of amides is 1. The Balaban J connectivity index is 1.80. The third kappa shape index (κ3) is 4.89. The van der Waals surface area contributed by atoms with Crippen LogP contribution in [-0.2, 0) is 4.79 Å². The quantitative estimate of drug-likeness (QED) is 0.789. The molecule has 2 saturated carbocycles. The largest absolute Gasteiger partial charge is 0.337 e. The van der Waals surface area contributed by atoms with Crippen molar-refractivity contribution in [3.05, 3.63) is 0 Å². The van der Waals surface area contributed by atoms with Crippen LogP contribution in [0.15, 0.2) is 0 Å². The molecule has 4 nitrogen and oxygen atoms in total. The van der Waals surface area contributed by atoms with Gasteiger partial charge >= 0.3 is 0 Å². The Morgan fingerprint density at radius 3 is 2.64 bits per heavy atom. The van der Waals surface area contributed by atoms with Crippen LogP contribution in [0.3, 0.4) is 0 Å². The van der Waals surface area contributed by atoms with Crippen LogP contribution in [0.1, 0.15) is 64.7 Å². The molecule has 0 radical (unpaired) electrons. The van der Waals surface area contributed by atoms with Gasteiger partial charge in [-0.2, -0.15) is 17.0 Å². The maximum atomic E-state index is 12.3. The fourth-order valence-electron chi connectivity index (χ4n) is 3.70. The van der Waals surface area contributed by atoms with Crippen molar-refractivity contribution in [3.8, 4) is 6.07 Å². The lowest BCUT2D eigenvalue weighted by atomic mass is 9.83.